The number of carboxylic acids is 1. The van der Waals surface area contributed by atoms with Crippen molar-refractivity contribution >= 4 is 11.8 Å². The minimum absolute atomic E-state index is 0.301. The average Bonchev–Trinajstić information content (AvgIpc) is 2.67. The van der Waals surface area contributed by atoms with Gasteiger partial charge in [0, 0.05) is 11.6 Å². The van der Waals surface area contributed by atoms with E-state index in [1.807, 2.05) is 25.1 Å². The van der Waals surface area contributed by atoms with Crippen molar-refractivity contribution < 1.29 is 19.4 Å². The average molecular weight is 246 g/mol. The van der Waals surface area contributed by atoms with E-state index < -0.39 is 11.6 Å². The second kappa shape index (κ2) is 4.29. The molecule has 94 valence electrons. The van der Waals surface area contributed by atoms with Crippen LogP contribution in [0.2, 0.25) is 0 Å². The van der Waals surface area contributed by atoms with Crippen LogP contribution in [0.3, 0.4) is 0 Å². The molecule has 1 heterocycles. The van der Waals surface area contributed by atoms with Crippen molar-refractivity contribution in [2.24, 2.45) is 0 Å². The molecule has 0 amide bonds. The van der Waals surface area contributed by atoms with Gasteiger partial charge in [-0.2, -0.15) is 0 Å². The second-order valence-electron chi connectivity index (χ2n) is 4.37. The van der Waals surface area contributed by atoms with Crippen LogP contribution in [0, 0.1) is 0 Å². The molecule has 2 rings (SSSR count). The third kappa shape index (κ3) is 1.90. The van der Waals surface area contributed by atoms with E-state index in [2.05, 4.69) is 0 Å². The Morgan fingerprint density at radius 3 is 2.72 bits per heavy atom. The number of aliphatic carboxylic acids is 1. The van der Waals surface area contributed by atoms with Crippen molar-refractivity contribution in [3.8, 4) is 0 Å². The molecule has 1 aliphatic heterocycles. The Morgan fingerprint density at radius 2 is 2.17 bits per heavy atom. The van der Waals surface area contributed by atoms with Crippen molar-refractivity contribution in [2.75, 3.05) is 0 Å². The fourth-order valence-electron chi connectivity index (χ4n) is 1.95. The maximum Gasteiger partial charge on any atom is 0.371 e. The Balaban J connectivity index is 2.39. The predicted molar refractivity (Wildman–Crippen MR) is 65.0 cm³/mol. The van der Waals surface area contributed by atoms with E-state index >= 15 is 0 Å². The van der Waals surface area contributed by atoms with Crippen LogP contribution in [0.5, 0.6) is 0 Å². The minimum atomic E-state index is -1.22. The van der Waals surface area contributed by atoms with Crippen molar-refractivity contribution in [3.05, 3.63) is 47.2 Å². The third-order valence-corrected chi connectivity index (χ3v) is 3.14. The van der Waals surface area contributed by atoms with Gasteiger partial charge in [0.05, 0.1) is 0 Å². The zero-order valence-electron chi connectivity index (χ0n) is 10.3. The van der Waals surface area contributed by atoms with E-state index in [0.717, 1.165) is 18.1 Å². The Hall–Kier alpha value is -2.10. The van der Waals surface area contributed by atoms with E-state index in [0.29, 0.717) is 5.56 Å². The van der Waals surface area contributed by atoms with Crippen LogP contribution in [0.4, 0.5) is 0 Å². The number of aryl methyl sites for hydroxylation is 1. The summed E-state index contributed by atoms with van der Waals surface area (Å²) in [5, 5.41) is 8.87. The number of carboxylic acid groups (broad SMARTS) is 1. The first-order valence-electron chi connectivity index (χ1n) is 5.75. The van der Waals surface area contributed by atoms with Gasteiger partial charge in [-0.3, -0.25) is 4.79 Å². The molecule has 1 aliphatic rings. The normalized spacial score (nSPS) is 22.6. The molecule has 1 unspecified atom stereocenters. The first-order chi connectivity index (χ1) is 8.47. The molecule has 18 heavy (non-hydrogen) atoms. The highest BCUT2D eigenvalue weighted by atomic mass is 16.5. The van der Waals surface area contributed by atoms with Gasteiger partial charge in [-0.1, -0.05) is 31.2 Å². The number of ketones is 1. The lowest BCUT2D eigenvalue weighted by Crippen LogP contribution is -2.30. The van der Waals surface area contributed by atoms with E-state index in [-0.39, 0.29) is 11.5 Å². The highest BCUT2D eigenvalue weighted by Crippen LogP contribution is 2.35. The summed E-state index contributed by atoms with van der Waals surface area (Å²) in [6, 6.07) is 7.44. The van der Waals surface area contributed by atoms with Crippen molar-refractivity contribution in [1.82, 2.24) is 0 Å². The Kier molecular flexibility index (Phi) is 2.95. The molecule has 0 spiro atoms. The molecule has 1 aromatic carbocycles. The largest absolute Gasteiger partial charge is 0.475 e. The molecule has 1 aromatic rings. The fourth-order valence-corrected chi connectivity index (χ4v) is 1.95. The van der Waals surface area contributed by atoms with E-state index in [1.165, 1.54) is 0 Å². The monoisotopic (exact) mass is 246 g/mol. The quantitative estimate of drug-likeness (QED) is 0.886. The summed E-state index contributed by atoms with van der Waals surface area (Å²) in [5.74, 6) is -1.86. The summed E-state index contributed by atoms with van der Waals surface area (Å²) in [6.07, 6.45) is 1.89. The highest BCUT2D eigenvalue weighted by molar-refractivity contribution is 6.05. The van der Waals surface area contributed by atoms with Gasteiger partial charge in [0.2, 0.25) is 11.5 Å². The summed E-state index contributed by atoms with van der Waals surface area (Å²) in [5.41, 5.74) is 0.534. The Bertz CT molecular complexity index is 544. The van der Waals surface area contributed by atoms with Gasteiger partial charge in [-0.15, -0.1) is 0 Å². The van der Waals surface area contributed by atoms with Gasteiger partial charge in [-0.25, -0.2) is 4.79 Å². The molecular weight excluding hydrogens is 232 g/mol. The number of carbonyl (C=O) groups excluding carboxylic acids is 1. The molecular formula is C14H14O4. The van der Waals surface area contributed by atoms with Crippen molar-refractivity contribution in [3.63, 3.8) is 0 Å². The molecule has 4 heteroatoms. The summed E-state index contributed by atoms with van der Waals surface area (Å²) in [4.78, 5) is 22.8. The van der Waals surface area contributed by atoms with Gasteiger partial charge in [0.15, 0.2) is 5.60 Å². The SMILES string of the molecule is CCc1cccc(C2(C)OC(C(=O)O)=CC2=O)c1. The number of ether oxygens (including phenoxy) is 1. The summed E-state index contributed by atoms with van der Waals surface area (Å²) >= 11 is 0. The number of benzene rings is 1. The number of hydrogen-bond acceptors (Lipinski definition) is 3. The van der Waals surface area contributed by atoms with Gasteiger partial charge in [0.25, 0.3) is 0 Å². The zero-order chi connectivity index (χ0) is 13.3. The molecule has 0 aliphatic carbocycles. The predicted octanol–water partition coefficient (Wildman–Crippen LogP) is 2.03. The number of rotatable bonds is 3. The van der Waals surface area contributed by atoms with E-state index in [1.54, 1.807) is 13.0 Å². The molecule has 0 bridgehead atoms. The van der Waals surface area contributed by atoms with Crippen molar-refractivity contribution in [1.29, 1.82) is 0 Å². The summed E-state index contributed by atoms with van der Waals surface area (Å²) < 4.78 is 5.32. The zero-order valence-corrected chi connectivity index (χ0v) is 10.3. The van der Waals surface area contributed by atoms with Crippen LogP contribution in [0.1, 0.15) is 25.0 Å². The van der Waals surface area contributed by atoms with Crippen molar-refractivity contribution in [2.45, 2.75) is 25.9 Å². The first-order valence-corrected chi connectivity index (χ1v) is 5.75. The van der Waals surface area contributed by atoms with Crippen LogP contribution in [-0.4, -0.2) is 16.9 Å². The van der Waals surface area contributed by atoms with E-state index in [4.69, 9.17) is 9.84 Å². The summed E-state index contributed by atoms with van der Waals surface area (Å²) in [6.45, 7) is 3.61. The lowest BCUT2D eigenvalue weighted by atomic mass is 9.91. The maximum atomic E-state index is 11.9. The topological polar surface area (TPSA) is 63.6 Å². The minimum Gasteiger partial charge on any atom is -0.475 e. The Morgan fingerprint density at radius 1 is 1.44 bits per heavy atom. The van der Waals surface area contributed by atoms with E-state index in [9.17, 15) is 9.59 Å². The molecule has 0 aromatic heterocycles. The molecule has 0 radical (unpaired) electrons. The Labute approximate surface area is 105 Å². The lowest BCUT2D eigenvalue weighted by molar-refractivity contribution is -0.141. The van der Waals surface area contributed by atoms with Crippen LogP contribution < -0.4 is 0 Å². The summed E-state index contributed by atoms with van der Waals surface area (Å²) in [7, 11) is 0. The van der Waals surface area contributed by atoms with Crippen LogP contribution >= 0.6 is 0 Å². The molecule has 0 saturated heterocycles. The van der Waals surface area contributed by atoms with Crippen LogP contribution in [0.25, 0.3) is 0 Å². The maximum absolute atomic E-state index is 11.9. The highest BCUT2D eigenvalue weighted by Gasteiger charge is 2.43. The van der Waals surface area contributed by atoms with Gasteiger partial charge >= 0.3 is 5.97 Å². The molecule has 1 atom stereocenters. The van der Waals surface area contributed by atoms with Crippen LogP contribution in [0.15, 0.2) is 36.1 Å². The lowest BCUT2D eigenvalue weighted by Gasteiger charge is -2.24. The fraction of sp³-hybridized carbons (Fsp3) is 0.286. The standard InChI is InChI=1S/C14H14O4/c1-3-9-5-4-6-10(7-9)14(2)12(15)8-11(18-14)13(16)17/h4-8H,3H2,1-2H3,(H,16,17). The molecule has 1 N–H and O–H groups in total. The molecule has 4 nitrogen and oxygen atoms in total. The second-order valence-corrected chi connectivity index (χ2v) is 4.37. The van der Waals surface area contributed by atoms with Gasteiger partial charge < -0.3 is 9.84 Å². The number of hydrogen-bond donors (Lipinski definition) is 1. The van der Waals surface area contributed by atoms with Crippen LogP contribution in [-0.2, 0) is 26.3 Å². The van der Waals surface area contributed by atoms with Gasteiger partial charge in [0.1, 0.15) is 0 Å². The first kappa shape index (κ1) is 12.4. The molecule has 0 fully saturated rings. The third-order valence-electron chi connectivity index (χ3n) is 3.14. The van der Waals surface area contributed by atoms with Gasteiger partial charge in [-0.05, 0) is 18.9 Å². The smallest absolute Gasteiger partial charge is 0.371 e. The number of carbonyl (C=O) groups is 2. The molecule has 0 saturated carbocycles.